The van der Waals surface area contributed by atoms with Gasteiger partial charge in [0.05, 0.1) is 0 Å². The van der Waals surface area contributed by atoms with E-state index in [1.54, 1.807) is 24.3 Å². The Labute approximate surface area is 161 Å². The minimum atomic E-state index is 0.149. The van der Waals surface area contributed by atoms with Crippen LogP contribution >= 0.6 is 0 Å². The maximum atomic E-state index is 12.0. The summed E-state index contributed by atoms with van der Waals surface area (Å²) < 4.78 is 0. The van der Waals surface area contributed by atoms with E-state index in [4.69, 9.17) is 0 Å². The third-order valence-electron chi connectivity index (χ3n) is 5.18. The molecule has 0 aliphatic rings. The van der Waals surface area contributed by atoms with Gasteiger partial charge in [-0.05, 0) is 18.6 Å². The van der Waals surface area contributed by atoms with Crippen molar-refractivity contribution in [3.8, 4) is 5.75 Å². The number of aromatic hydroxyl groups is 1. The first kappa shape index (κ1) is 22.7. The summed E-state index contributed by atoms with van der Waals surface area (Å²) in [6.45, 7) is 2.27. The Balaban J connectivity index is 1.83. The molecule has 0 radical (unpaired) electrons. The third kappa shape index (κ3) is 12.1. The molecule has 1 N–H and O–H groups in total. The molecule has 0 spiro atoms. The summed E-state index contributed by atoms with van der Waals surface area (Å²) in [7, 11) is 0. The SMILES string of the molecule is CCCCCCCCCCCCCCCCCC(=O)c1cccc(O)c1. The lowest BCUT2D eigenvalue weighted by Crippen LogP contribution is -1.98. The molecule has 0 aliphatic heterocycles. The maximum absolute atomic E-state index is 12.0. The lowest BCUT2D eigenvalue weighted by molar-refractivity contribution is 0.0978. The molecule has 0 atom stereocenters. The van der Waals surface area contributed by atoms with Crippen LogP contribution < -0.4 is 0 Å². The smallest absolute Gasteiger partial charge is 0.163 e. The molecule has 0 bridgehead atoms. The normalized spacial score (nSPS) is 11.0. The molecule has 1 aromatic carbocycles. The van der Waals surface area contributed by atoms with Gasteiger partial charge in [0.15, 0.2) is 5.78 Å². The van der Waals surface area contributed by atoms with Crippen LogP contribution in [0.1, 0.15) is 120 Å². The first-order valence-electron chi connectivity index (χ1n) is 11.1. The Morgan fingerprint density at radius 2 is 1.19 bits per heavy atom. The molecule has 0 aromatic heterocycles. The highest BCUT2D eigenvalue weighted by molar-refractivity contribution is 5.96. The molecule has 0 aliphatic carbocycles. The van der Waals surface area contributed by atoms with Crippen molar-refractivity contribution in [2.24, 2.45) is 0 Å². The average molecular weight is 361 g/mol. The second kappa shape index (κ2) is 15.9. The van der Waals surface area contributed by atoms with Crippen LogP contribution in [0.15, 0.2) is 24.3 Å². The third-order valence-corrected chi connectivity index (χ3v) is 5.18. The van der Waals surface area contributed by atoms with E-state index < -0.39 is 0 Å². The standard InChI is InChI=1S/C24H40O2/c1-2-3-4-5-6-7-8-9-10-11-12-13-14-15-16-20-24(26)22-18-17-19-23(25)21-22/h17-19,21,25H,2-16,20H2,1H3. The summed E-state index contributed by atoms with van der Waals surface area (Å²) in [6, 6.07) is 6.68. The van der Waals surface area contributed by atoms with Gasteiger partial charge in [0.25, 0.3) is 0 Å². The van der Waals surface area contributed by atoms with Crippen molar-refractivity contribution in [2.75, 3.05) is 0 Å². The number of rotatable bonds is 17. The van der Waals surface area contributed by atoms with Gasteiger partial charge in [-0.1, -0.05) is 109 Å². The van der Waals surface area contributed by atoms with E-state index in [0.29, 0.717) is 12.0 Å². The summed E-state index contributed by atoms with van der Waals surface area (Å²) in [5.41, 5.74) is 0.635. The van der Waals surface area contributed by atoms with E-state index >= 15 is 0 Å². The number of carbonyl (C=O) groups is 1. The Kier molecular flexibility index (Phi) is 13.9. The summed E-state index contributed by atoms with van der Waals surface area (Å²) in [5.74, 6) is 0.322. The van der Waals surface area contributed by atoms with E-state index in [1.807, 2.05) is 0 Å². The van der Waals surface area contributed by atoms with Crippen LogP contribution in [0.4, 0.5) is 0 Å². The van der Waals surface area contributed by atoms with Crippen molar-refractivity contribution in [1.82, 2.24) is 0 Å². The van der Waals surface area contributed by atoms with Gasteiger partial charge in [-0.15, -0.1) is 0 Å². The van der Waals surface area contributed by atoms with Gasteiger partial charge in [-0.2, -0.15) is 0 Å². The van der Waals surface area contributed by atoms with Crippen LogP contribution in [-0.4, -0.2) is 10.9 Å². The topological polar surface area (TPSA) is 37.3 Å². The van der Waals surface area contributed by atoms with E-state index in [1.165, 1.54) is 83.5 Å². The van der Waals surface area contributed by atoms with E-state index in [-0.39, 0.29) is 11.5 Å². The molecule has 0 heterocycles. The Morgan fingerprint density at radius 3 is 1.65 bits per heavy atom. The van der Waals surface area contributed by atoms with Gasteiger partial charge in [0.2, 0.25) is 0 Å². The number of benzene rings is 1. The van der Waals surface area contributed by atoms with Crippen LogP contribution in [0.5, 0.6) is 5.75 Å². The zero-order valence-corrected chi connectivity index (χ0v) is 17.0. The number of unbranched alkanes of at least 4 members (excludes halogenated alkanes) is 14. The number of hydrogen-bond donors (Lipinski definition) is 1. The van der Waals surface area contributed by atoms with Gasteiger partial charge >= 0.3 is 0 Å². The van der Waals surface area contributed by atoms with Crippen molar-refractivity contribution < 1.29 is 9.90 Å². The lowest BCUT2D eigenvalue weighted by Gasteiger charge is -2.04. The predicted molar refractivity (Wildman–Crippen MR) is 112 cm³/mol. The monoisotopic (exact) mass is 360 g/mol. The molecular formula is C24H40O2. The number of ketones is 1. The molecule has 1 aromatic rings. The van der Waals surface area contributed by atoms with Crippen LogP contribution in [0.25, 0.3) is 0 Å². The summed E-state index contributed by atoms with van der Waals surface area (Å²) in [4.78, 5) is 12.0. The Bertz CT molecular complexity index is 467. The number of Topliss-reactive ketones (excluding diaryl/α,β-unsaturated/α-hetero) is 1. The van der Waals surface area contributed by atoms with Crippen molar-refractivity contribution in [3.63, 3.8) is 0 Å². The fraction of sp³-hybridized carbons (Fsp3) is 0.708. The Morgan fingerprint density at radius 1 is 0.731 bits per heavy atom. The molecule has 2 heteroatoms. The van der Waals surface area contributed by atoms with Crippen molar-refractivity contribution in [1.29, 1.82) is 0 Å². The zero-order valence-electron chi connectivity index (χ0n) is 17.0. The predicted octanol–water partition coefficient (Wildman–Crippen LogP) is 7.84. The molecule has 0 amide bonds. The fourth-order valence-corrected chi connectivity index (χ4v) is 3.48. The minimum Gasteiger partial charge on any atom is -0.508 e. The van der Waals surface area contributed by atoms with Gasteiger partial charge in [-0.25, -0.2) is 0 Å². The number of hydrogen-bond acceptors (Lipinski definition) is 2. The van der Waals surface area contributed by atoms with Crippen molar-refractivity contribution >= 4 is 5.78 Å². The van der Waals surface area contributed by atoms with Crippen LogP contribution in [0, 0.1) is 0 Å². The minimum absolute atomic E-state index is 0.149. The molecule has 148 valence electrons. The summed E-state index contributed by atoms with van der Waals surface area (Å²) >= 11 is 0. The quantitative estimate of drug-likeness (QED) is 0.227. The van der Waals surface area contributed by atoms with Crippen molar-refractivity contribution in [3.05, 3.63) is 29.8 Å². The first-order chi connectivity index (χ1) is 12.7. The molecule has 0 unspecified atom stereocenters. The van der Waals surface area contributed by atoms with E-state index in [0.717, 1.165) is 12.8 Å². The van der Waals surface area contributed by atoms with Gasteiger partial charge in [-0.3, -0.25) is 4.79 Å². The molecule has 0 fully saturated rings. The molecule has 0 saturated heterocycles. The summed E-state index contributed by atoms with van der Waals surface area (Å²) in [5, 5.41) is 9.41. The Hall–Kier alpha value is -1.31. The highest BCUT2D eigenvalue weighted by atomic mass is 16.3. The molecule has 26 heavy (non-hydrogen) atoms. The molecule has 0 saturated carbocycles. The summed E-state index contributed by atoms with van der Waals surface area (Å²) in [6.07, 6.45) is 20.7. The molecular weight excluding hydrogens is 320 g/mol. The number of phenols is 1. The number of phenolic OH excluding ortho intramolecular Hbond substituents is 1. The van der Waals surface area contributed by atoms with E-state index in [2.05, 4.69) is 6.92 Å². The average Bonchev–Trinajstić information content (AvgIpc) is 2.64. The number of carbonyl (C=O) groups excluding carboxylic acids is 1. The highest BCUT2D eigenvalue weighted by Gasteiger charge is 2.05. The molecule has 2 nitrogen and oxygen atoms in total. The molecule has 1 rings (SSSR count). The van der Waals surface area contributed by atoms with E-state index in [9.17, 15) is 9.90 Å². The highest BCUT2D eigenvalue weighted by Crippen LogP contribution is 2.16. The van der Waals surface area contributed by atoms with Gasteiger partial charge in [0, 0.05) is 12.0 Å². The van der Waals surface area contributed by atoms with Crippen LogP contribution in [0.3, 0.4) is 0 Å². The van der Waals surface area contributed by atoms with Crippen LogP contribution in [0.2, 0.25) is 0 Å². The second-order valence-electron chi connectivity index (χ2n) is 7.67. The van der Waals surface area contributed by atoms with Gasteiger partial charge < -0.3 is 5.11 Å². The first-order valence-corrected chi connectivity index (χ1v) is 11.1. The lowest BCUT2D eigenvalue weighted by atomic mass is 10.0. The maximum Gasteiger partial charge on any atom is 0.163 e. The largest absolute Gasteiger partial charge is 0.508 e. The fourth-order valence-electron chi connectivity index (χ4n) is 3.48. The van der Waals surface area contributed by atoms with Crippen LogP contribution in [-0.2, 0) is 0 Å². The van der Waals surface area contributed by atoms with Gasteiger partial charge in [0.1, 0.15) is 5.75 Å². The second-order valence-corrected chi connectivity index (χ2v) is 7.67. The van der Waals surface area contributed by atoms with Crippen molar-refractivity contribution in [2.45, 2.75) is 110 Å². The zero-order chi connectivity index (χ0) is 18.9.